The van der Waals surface area contributed by atoms with Gasteiger partial charge >= 0.3 is 0 Å². The number of ether oxygens (including phenoxy) is 2. The summed E-state index contributed by atoms with van der Waals surface area (Å²) in [5, 5.41) is 10.2. The van der Waals surface area contributed by atoms with E-state index in [2.05, 4.69) is 0 Å². The topological polar surface area (TPSA) is 59.0 Å². The van der Waals surface area contributed by atoms with Crippen LogP contribution in [-0.4, -0.2) is 54.9 Å². The number of hydrogen-bond acceptors (Lipinski definition) is 4. The highest BCUT2D eigenvalue weighted by molar-refractivity contribution is 5.95. The van der Waals surface area contributed by atoms with Gasteiger partial charge in [0.1, 0.15) is 5.75 Å². The zero-order valence-corrected chi connectivity index (χ0v) is 15.0. The number of aliphatic hydroxyl groups is 1. The third kappa shape index (κ3) is 4.05. The molecule has 3 unspecified atom stereocenters. The summed E-state index contributed by atoms with van der Waals surface area (Å²) < 4.78 is 10.8. The Morgan fingerprint density at radius 1 is 1.32 bits per heavy atom. The molecule has 5 nitrogen and oxygen atoms in total. The van der Waals surface area contributed by atoms with Gasteiger partial charge in [-0.25, -0.2) is 0 Å². The number of allylic oxidation sites excluding steroid dienone is 1. The highest BCUT2D eigenvalue weighted by atomic mass is 16.5. The van der Waals surface area contributed by atoms with Gasteiger partial charge in [0.15, 0.2) is 0 Å². The second-order valence-corrected chi connectivity index (χ2v) is 6.89. The maximum absolute atomic E-state index is 12.9. The van der Waals surface area contributed by atoms with E-state index in [0.717, 1.165) is 36.1 Å². The molecule has 3 atom stereocenters. The molecular weight excluding hydrogens is 318 g/mol. The Labute approximate surface area is 149 Å². The van der Waals surface area contributed by atoms with Crippen molar-refractivity contribution in [2.45, 2.75) is 38.3 Å². The number of methoxy groups -OCH3 is 1. The molecule has 3 rings (SSSR count). The average Bonchev–Trinajstić information content (AvgIpc) is 3.07. The Kier molecular flexibility index (Phi) is 5.76. The first-order valence-electron chi connectivity index (χ1n) is 8.99. The van der Waals surface area contributed by atoms with Crippen LogP contribution in [0.3, 0.4) is 0 Å². The van der Waals surface area contributed by atoms with Crippen molar-refractivity contribution in [3.63, 3.8) is 0 Å². The maximum atomic E-state index is 12.9. The van der Waals surface area contributed by atoms with Crippen LogP contribution in [0.25, 0.3) is 5.57 Å². The summed E-state index contributed by atoms with van der Waals surface area (Å²) in [5.74, 6) is 0.922. The predicted molar refractivity (Wildman–Crippen MR) is 96.3 cm³/mol. The van der Waals surface area contributed by atoms with E-state index in [0.29, 0.717) is 19.8 Å². The Bertz CT molecular complexity index is 625. The van der Waals surface area contributed by atoms with E-state index in [-0.39, 0.29) is 24.0 Å². The number of amides is 1. The number of morpholine rings is 1. The second-order valence-electron chi connectivity index (χ2n) is 6.89. The van der Waals surface area contributed by atoms with E-state index in [9.17, 15) is 9.90 Å². The zero-order chi connectivity index (χ0) is 17.8. The molecule has 1 aliphatic heterocycles. The summed E-state index contributed by atoms with van der Waals surface area (Å²) in [6.07, 6.45) is 4.17. The van der Waals surface area contributed by atoms with E-state index in [1.165, 1.54) is 0 Å². The maximum Gasteiger partial charge on any atom is 0.247 e. The van der Waals surface area contributed by atoms with Crippen LogP contribution in [0.5, 0.6) is 5.75 Å². The van der Waals surface area contributed by atoms with Crippen molar-refractivity contribution >= 4 is 11.5 Å². The lowest BCUT2D eigenvalue weighted by Gasteiger charge is -2.39. The number of benzene rings is 1. The van der Waals surface area contributed by atoms with Crippen LogP contribution in [0.1, 0.15) is 31.7 Å². The highest BCUT2D eigenvalue weighted by Crippen LogP contribution is 2.32. The van der Waals surface area contributed by atoms with Gasteiger partial charge in [-0.05, 0) is 43.0 Å². The van der Waals surface area contributed by atoms with Crippen LogP contribution >= 0.6 is 0 Å². The molecule has 1 saturated heterocycles. The molecule has 2 fully saturated rings. The van der Waals surface area contributed by atoms with Crippen LogP contribution in [0.2, 0.25) is 0 Å². The van der Waals surface area contributed by atoms with Crippen LogP contribution in [-0.2, 0) is 9.53 Å². The number of carbonyl (C=O) groups is 1. The Balaban J connectivity index is 1.74. The average molecular weight is 345 g/mol. The first-order valence-corrected chi connectivity index (χ1v) is 8.99. The smallest absolute Gasteiger partial charge is 0.247 e. The first kappa shape index (κ1) is 18.0. The molecule has 1 N–H and O–H groups in total. The van der Waals surface area contributed by atoms with Gasteiger partial charge < -0.3 is 19.5 Å². The summed E-state index contributed by atoms with van der Waals surface area (Å²) in [7, 11) is 1.64. The Hall–Kier alpha value is -1.85. The number of rotatable bonds is 4. The molecule has 1 heterocycles. The number of aliphatic hydroxyl groups excluding tert-OH is 1. The van der Waals surface area contributed by atoms with Gasteiger partial charge in [0, 0.05) is 18.5 Å². The number of nitrogens with zero attached hydrogens (tertiary/aromatic N) is 1. The molecule has 25 heavy (non-hydrogen) atoms. The van der Waals surface area contributed by atoms with Crippen molar-refractivity contribution < 1.29 is 19.4 Å². The van der Waals surface area contributed by atoms with Crippen LogP contribution in [0, 0.1) is 5.92 Å². The molecule has 5 heteroatoms. The summed E-state index contributed by atoms with van der Waals surface area (Å²) in [4.78, 5) is 14.8. The van der Waals surface area contributed by atoms with Crippen molar-refractivity contribution in [3.05, 3.63) is 35.9 Å². The minimum Gasteiger partial charge on any atom is -0.497 e. The number of hydrogen-bond donors (Lipinski definition) is 1. The van der Waals surface area contributed by atoms with Gasteiger partial charge in [0.2, 0.25) is 5.91 Å². The molecule has 1 amide bonds. The van der Waals surface area contributed by atoms with Crippen molar-refractivity contribution in [1.29, 1.82) is 0 Å². The van der Waals surface area contributed by atoms with Gasteiger partial charge in [-0.2, -0.15) is 0 Å². The van der Waals surface area contributed by atoms with E-state index < -0.39 is 0 Å². The first-order chi connectivity index (χ1) is 12.1. The summed E-state index contributed by atoms with van der Waals surface area (Å²) in [5.41, 5.74) is 1.92. The van der Waals surface area contributed by atoms with Gasteiger partial charge in [0.05, 0.1) is 32.5 Å². The monoisotopic (exact) mass is 345 g/mol. The lowest BCUT2D eigenvalue weighted by Crippen LogP contribution is -2.53. The van der Waals surface area contributed by atoms with Gasteiger partial charge in [-0.15, -0.1) is 0 Å². The highest BCUT2D eigenvalue weighted by Gasteiger charge is 2.39. The quantitative estimate of drug-likeness (QED) is 0.852. The molecule has 1 aliphatic carbocycles. The number of carbonyl (C=O) groups excluding carboxylic acids is 1. The van der Waals surface area contributed by atoms with Crippen molar-refractivity contribution in [1.82, 2.24) is 4.90 Å². The minimum atomic E-state index is -0.325. The summed E-state index contributed by atoms with van der Waals surface area (Å²) >= 11 is 0. The van der Waals surface area contributed by atoms with Crippen LogP contribution in [0.15, 0.2) is 30.3 Å². The van der Waals surface area contributed by atoms with E-state index >= 15 is 0 Å². The standard InChI is InChI=1S/C20H27NO4/c1-14(15-6-8-16(24-2)9-7-15)12-20(23)21-10-11-25-13-18(21)17-4-3-5-19(17)22/h6-9,12,17-19,22H,3-5,10-11,13H2,1-2H3/b14-12+. The second kappa shape index (κ2) is 8.02. The summed E-state index contributed by atoms with van der Waals surface area (Å²) in [6, 6.07) is 7.66. The van der Waals surface area contributed by atoms with Crippen molar-refractivity contribution in [2.75, 3.05) is 26.9 Å². The molecule has 1 aromatic rings. The lowest BCUT2D eigenvalue weighted by molar-refractivity contribution is -0.138. The molecule has 1 aromatic carbocycles. The minimum absolute atomic E-state index is 0.000665. The summed E-state index contributed by atoms with van der Waals surface area (Å²) in [6.45, 7) is 3.60. The predicted octanol–water partition coefficient (Wildman–Crippen LogP) is 2.49. The fourth-order valence-electron chi connectivity index (χ4n) is 3.87. The molecule has 0 radical (unpaired) electrons. The largest absolute Gasteiger partial charge is 0.497 e. The molecule has 2 aliphatic rings. The van der Waals surface area contributed by atoms with E-state index in [4.69, 9.17) is 9.47 Å². The molecule has 0 spiro atoms. The van der Waals surface area contributed by atoms with E-state index in [1.807, 2.05) is 36.1 Å². The molecule has 136 valence electrons. The Morgan fingerprint density at radius 3 is 2.72 bits per heavy atom. The van der Waals surface area contributed by atoms with Gasteiger partial charge in [0.25, 0.3) is 0 Å². The van der Waals surface area contributed by atoms with Crippen LogP contribution in [0.4, 0.5) is 0 Å². The SMILES string of the molecule is COc1ccc(/C(C)=C/C(=O)N2CCOCC2C2CCCC2O)cc1. The fraction of sp³-hybridized carbons (Fsp3) is 0.550. The molecule has 0 bridgehead atoms. The van der Waals surface area contributed by atoms with Crippen LogP contribution < -0.4 is 4.74 Å². The van der Waals surface area contributed by atoms with Crippen molar-refractivity contribution in [2.24, 2.45) is 5.92 Å². The Morgan fingerprint density at radius 2 is 2.08 bits per heavy atom. The van der Waals surface area contributed by atoms with E-state index in [1.54, 1.807) is 13.2 Å². The fourth-order valence-corrected chi connectivity index (χ4v) is 3.87. The zero-order valence-electron chi connectivity index (χ0n) is 15.0. The van der Waals surface area contributed by atoms with Gasteiger partial charge in [-0.1, -0.05) is 18.6 Å². The molecular formula is C20H27NO4. The van der Waals surface area contributed by atoms with Crippen molar-refractivity contribution in [3.8, 4) is 5.75 Å². The third-order valence-electron chi connectivity index (χ3n) is 5.36. The normalized spacial score (nSPS) is 27.4. The van der Waals surface area contributed by atoms with Gasteiger partial charge in [-0.3, -0.25) is 4.79 Å². The third-order valence-corrected chi connectivity index (χ3v) is 5.36. The lowest BCUT2D eigenvalue weighted by atomic mass is 9.94. The molecule has 1 saturated carbocycles. The molecule has 0 aromatic heterocycles.